The minimum absolute atomic E-state index is 0.263. The Morgan fingerprint density at radius 1 is 0.850 bits per heavy atom. The molecule has 0 saturated heterocycles. The molecule has 2 heteroatoms. The number of nitrogens with zero attached hydrogens (tertiary/aromatic N) is 1. The van der Waals surface area contributed by atoms with E-state index in [1.807, 2.05) is 30.3 Å². The Bertz CT molecular complexity index is 849. The van der Waals surface area contributed by atoms with E-state index in [2.05, 4.69) is 29.6 Å². The predicted molar refractivity (Wildman–Crippen MR) is 81.7 cm³/mol. The zero-order valence-electron chi connectivity index (χ0n) is 10.7. The minimum atomic E-state index is 0.263. The van der Waals surface area contributed by atoms with Crippen LogP contribution in [0.5, 0.6) is 5.75 Å². The second-order valence-corrected chi connectivity index (χ2v) is 4.91. The maximum absolute atomic E-state index is 9.59. The average molecular weight is 258 g/mol. The lowest BCUT2D eigenvalue weighted by atomic mass is 10.0. The third kappa shape index (κ3) is 1.66. The Morgan fingerprint density at radius 2 is 1.75 bits per heavy atom. The molecule has 0 atom stereocenters. The van der Waals surface area contributed by atoms with Crippen molar-refractivity contribution in [2.24, 2.45) is 0 Å². The van der Waals surface area contributed by atoms with Crippen LogP contribution in [0.4, 0.5) is 5.69 Å². The van der Waals surface area contributed by atoms with Gasteiger partial charge in [0.1, 0.15) is 5.75 Å². The summed E-state index contributed by atoms with van der Waals surface area (Å²) in [6.45, 7) is 0. The standard InChI is InChI=1S/C18H12NO/c20-14-6-3-5-13(10-14)18-11-16-15-7-2-1-4-12(15)8-9-17(16)19-18/h1-11,20H. The Balaban J connectivity index is 1.89. The molecule has 4 rings (SSSR count). The van der Waals surface area contributed by atoms with Gasteiger partial charge in [0.2, 0.25) is 0 Å². The molecule has 0 amide bonds. The maximum Gasteiger partial charge on any atom is 0.116 e. The molecule has 0 fully saturated rings. The fraction of sp³-hybridized carbons (Fsp3) is 0. The van der Waals surface area contributed by atoms with Crippen molar-refractivity contribution in [3.05, 3.63) is 71.8 Å². The molecule has 2 nitrogen and oxygen atoms in total. The lowest BCUT2D eigenvalue weighted by molar-refractivity contribution is 0.475. The van der Waals surface area contributed by atoms with Crippen molar-refractivity contribution in [3.63, 3.8) is 0 Å². The number of benzene rings is 3. The van der Waals surface area contributed by atoms with Crippen molar-refractivity contribution in [1.82, 2.24) is 5.32 Å². The number of hydrogen-bond acceptors (Lipinski definition) is 1. The summed E-state index contributed by atoms with van der Waals surface area (Å²) in [5.41, 5.74) is 3.97. The van der Waals surface area contributed by atoms with Crippen LogP contribution in [0, 0.1) is 0 Å². The third-order valence-electron chi connectivity index (χ3n) is 3.61. The van der Waals surface area contributed by atoms with E-state index in [1.54, 1.807) is 12.1 Å². The highest BCUT2D eigenvalue weighted by molar-refractivity contribution is 6.03. The summed E-state index contributed by atoms with van der Waals surface area (Å²) in [5, 5.41) is 16.7. The van der Waals surface area contributed by atoms with Crippen molar-refractivity contribution >= 4 is 28.2 Å². The summed E-state index contributed by atoms with van der Waals surface area (Å²) in [6, 6.07) is 19.7. The number of fused-ring (bicyclic) bond motifs is 3. The van der Waals surface area contributed by atoms with E-state index in [9.17, 15) is 5.11 Å². The van der Waals surface area contributed by atoms with Gasteiger partial charge in [-0.25, -0.2) is 5.32 Å². The molecule has 1 aliphatic rings. The van der Waals surface area contributed by atoms with Gasteiger partial charge >= 0.3 is 0 Å². The molecule has 0 saturated carbocycles. The van der Waals surface area contributed by atoms with Gasteiger partial charge in [-0.3, -0.25) is 0 Å². The predicted octanol–water partition coefficient (Wildman–Crippen LogP) is 4.29. The molecule has 1 aliphatic heterocycles. The highest BCUT2D eigenvalue weighted by atomic mass is 16.3. The molecule has 3 aromatic rings. The molecular weight excluding hydrogens is 246 g/mol. The summed E-state index contributed by atoms with van der Waals surface area (Å²) in [4.78, 5) is 0. The fourth-order valence-electron chi connectivity index (χ4n) is 2.65. The Hall–Kier alpha value is -2.74. The largest absolute Gasteiger partial charge is 0.508 e. The molecule has 0 unspecified atom stereocenters. The van der Waals surface area contributed by atoms with E-state index in [4.69, 9.17) is 0 Å². The smallest absolute Gasteiger partial charge is 0.116 e. The van der Waals surface area contributed by atoms with Gasteiger partial charge in [-0.15, -0.1) is 0 Å². The van der Waals surface area contributed by atoms with Gasteiger partial charge in [0.15, 0.2) is 0 Å². The zero-order chi connectivity index (χ0) is 13.5. The number of rotatable bonds is 1. The summed E-state index contributed by atoms with van der Waals surface area (Å²) in [7, 11) is 0. The minimum Gasteiger partial charge on any atom is -0.508 e. The van der Waals surface area contributed by atoms with Crippen molar-refractivity contribution in [3.8, 4) is 5.75 Å². The van der Waals surface area contributed by atoms with Crippen LogP contribution in [-0.4, -0.2) is 5.11 Å². The lowest BCUT2D eigenvalue weighted by Gasteiger charge is -2.04. The van der Waals surface area contributed by atoms with Gasteiger partial charge in [0.05, 0.1) is 11.4 Å². The summed E-state index contributed by atoms with van der Waals surface area (Å²) >= 11 is 0. The molecule has 0 aromatic heterocycles. The van der Waals surface area contributed by atoms with Gasteiger partial charge < -0.3 is 5.11 Å². The van der Waals surface area contributed by atoms with Crippen LogP contribution < -0.4 is 5.32 Å². The van der Waals surface area contributed by atoms with Crippen molar-refractivity contribution in [2.75, 3.05) is 0 Å². The van der Waals surface area contributed by atoms with Crippen LogP contribution >= 0.6 is 0 Å². The maximum atomic E-state index is 9.59. The second kappa shape index (κ2) is 4.14. The Morgan fingerprint density at radius 3 is 2.65 bits per heavy atom. The first-order chi connectivity index (χ1) is 9.81. The zero-order valence-corrected chi connectivity index (χ0v) is 10.7. The molecule has 0 aliphatic carbocycles. The Kier molecular flexibility index (Phi) is 2.30. The summed E-state index contributed by atoms with van der Waals surface area (Å²) < 4.78 is 0. The quantitative estimate of drug-likeness (QED) is 0.694. The van der Waals surface area contributed by atoms with Gasteiger partial charge in [0, 0.05) is 11.1 Å². The van der Waals surface area contributed by atoms with E-state index >= 15 is 0 Å². The van der Waals surface area contributed by atoms with E-state index in [1.165, 1.54) is 10.8 Å². The van der Waals surface area contributed by atoms with E-state index < -0.39 is 0 Å². The number of phenolic OH excluding ortho intramolecular Hbond substituents is 1. The van der Waals surface area contributed by atoms with E-state index in [0.29, 0.717) is 0 Å². The van der Waals surface area contributed by atoms with Crippen LogP contribution in [0.1, 0.15) is 11.1 Å². The Labute approximate surface area is 117 Å². The normalized spacial score (nSPS) is 12.9. The SMILES string of the molecule is Oc1cccc(C2=Cc3c(ccc4ccccc34)[N]2)c1. The van der Waals surface area contributed by atoms with Crippen LogP contribution in [0.3, 0.4) is 0 Å². The van der Waals surface area contributed by atoms with E-state index in [-0.39, 0.29) is 5.75 Å². The van der Waals surface area contributed by atoms with E-state index in [0.717, 1.165) is 22.5 Å². The first-order valence-electron chi connectivity index (χ1n) is 6.56. The number of phenols is 1. The van der Waals surface area contributed by atoms with Crippen LogP contribution in [0.15, 0.2) is 60.7 Å². The molecule has 1 N–H and O–H groups in total. The molecule has 0 spiro atoms. The van der Waals surface area contributed by atoms with Crippen molar-refractivity contribution in [1.29, 1.82) is 0 Å². The summed E-state index contributed by atoms with van der Waals surface area (Å²) in [6.07, 6.45) is 2.09. The van der Waals surface area contributed by atoms with Crippen LogP contribution in [0.25, 0.3) is 22.5 Å². The average Bonchev–Trinajstić information content (AvgIpc) is 2.92. The van der Waals surface area contributed by atoms with Crippen LogP contribution in [0.2, 0.25) is 0 Å². The summed E-state index contributed by atoms with van der Waals surface area (Å²) in [5.74, 6) is 0.263. The van der Waals surface area contributed by atoms with Crippen molar-refractivity contribution in [2.45, 2.75) is 0 Å². The molecular formula is C18H12NO. The first kappa shape index (κ1) is 11.1. The van der Waals surface area contributed by atoms with Gasteiger partial charge in [-0.2, -0.15) is 0 Å². The molecule has 1 heterocycles. The fourth-order valence-corrected chi connectivity index (χ4v) is 2.65. The second-order valence-electron chi connectivity index (χ2n) is 4.91. The van der Waals surface area contributed by atoms with Gasteiger partial charge in [-0.05, 0) is 35.0 Å². The highest BCUT2D eigenvalue weighted by Gasteiger charge is 2.17. The van der Waals surface area contributed by atoms with Gasteiger partial charge in [0.25, 0.3) is 0 Å². The third-order valence-corrected chi connectivity index (χ3v) is 3.61. The first-order valence-corrected chi connectivity index (χ1v) is 6.56. The van der Waals surface area contributed by atoms with Crippen molar-refractivity contribution < 1.29 is 5.11 Å². The lowest BCUT2D eigenvalue weighted by Crippen LogP contribution is -1.92. The highest BCUT2D eigenvalue weighted by Crippen LogP contribution is 2.37. The molecule has 95 valence electrons. The monoisotopic (exact) mass is 258 g/mol. The topological polar surface area (TPSA) is 34.3 Å². The van der Waals surface area contributed by atoms with Gasteiger partial charge in [-0.1, -0.05) is 42.5 Å². The number of aromatic hydroxyl groups is 1. The molecule has 1 radical (unpaired) electrons. The molecule has 3 aromatic carbocycles. The molecule has 0 bridgehead atoms. The number of hydrogen-bond donors (Lipinski definition) is 1. The molecule has 20 heavy (non-hydrogen) atoms. The van der Waals surface area contributed by atoms with Crippen LogP contribution in [-0.2, 0) is 0 Å².